The first-order valence-electron chi connectivity index (χ1n) is 9.37. The Morgan fingerprint density at radius 2 is 2.00 bits per heavy atom. The van der Waals surface area contributed by atoms with E-state index in [2.05, 4.69) is 19.2 Å². The minimum atomic E-state index is -0.431. The van der Waals surface area contributed by atoms with E-state index in [-0.39, 0.29) is 29.1 Å². The Morgan fingerprint density at radius 1 is 1.29 bits per heavy atom. The minimum Gasteiger partial charge on any atom is -0.460 e. The lowest BCUT2D eigenvalue weighted by molar-refractivity contribution is -0.170. The fraction of sp³-hybridized carbons (Fsp3) is 0.947. The maximum atomic E-state index is 12.7. The van der Waals surface area contributed by atoms with Crippen molar-refractivity contribution >= 4 is 5.97 Å². The molecule has 1 saturated carbocycles. The molecule has 0 radical (unpaired) electrons. The number of ether oxygens (including phenoxy) is 3. The Kier molecular flexibility index (Phi) is 4.73. The first-order chi connectivity index (χ1) is 11.1. The van der Waals surface area contributed by atoms with Crippen molar-refractivity contribution in [3.63, 3.8) is 0 Å². The Balaban J connectivity index is 1.73. The highest BCUT2D eigenvalue weighted by Gasteiger charge is 2.55. The summed E-state index contributed by atoms with van der Waals surface area (Å²) >= 11 is 0. The summed E-state index contributed by atoms with van der Waals surface area (Å²) in [6.45, 7) is 12.7. The van der Waals surface area contributed by atoms with Crippen LogP contribution in [0.4, 0.5) is 0 Å². The van der Waals surface area contributed by atoms with E-state index in [1.54, 1.807) is 0 Å². The maximum Gasteiger partial charge on any atom is 0.310 e. The SMILES string of the molecule is CC(C)(C)OC(=O)C1CCCC(CC2(C3CO3)NCCO2)C1(C)C. The van der Waals surface area contributed by atoms with E-state index in [4.69, 9.17) is 14.2 Å². The van der Waals surface area contributed by atoms with Gasteiger partial charge in [0.25, 0.3) is 0 Å². The summed E-state index contributed by atoms with van der Waals surface area (Å²) in [5.74, 6) is 0.321. The van der Waals surface area contributed by atoms with Crippen molar-refractivity contribution in [2.24, 2.45) is 17.3 Å². The van der Waals surface area contributed by atoms with Crippen LogP contribution in [-0.4, -0.2) is 43.2 Å². The lowest BCUT2D eigenvalue weighted by Gasteiger charge is -2.47. The normalized spacial score (nSPS) is 38.8. The van der Waals surface area contributed by atoms with Gasteiger partial charge in [-0.05, 0) is 51.4 Å². The molecule has 4 atom stereocenters. The van der Waals surface area contributed by atoms with Crippen molar-refractivity contribution in [2.75, 3.05) is 19.8 Å². The Labute approximate surface area is 145 Å². The van der Waals surface area contributed by atoms with Crippen molar-refractivity contribution in [1.29, 1.82) is 0 Å². The van der Waals surface area contributed by atoms with Gasteiger partial charge in [-0.1, -0.05) is 20.3 Å². The van der Waals surface area contributed by atoms with Gasteiger partial charge < -0.3 is 14.2 Å². The first kappa shape index (κ1) is 18.2. The summed E-state index contributed by atoms with van der Waals surface area (Å²) in [7, 11) is 0. The van der Waals surface area contributed by atoms with Crippen LogP contribution in [0.2, 0.25) is 0 Å². The zero-order valence-electron chi connectivity index (χ0n) is 15.8. The van der Waals surface area contributed by atoms with Crippen LogP contribution in [0.15, 0.2) is 0 Å². The van der Waals surface area contributed by atoms with E-state index in [9.17, 15) is 4.79 Å². The van der Waals surface area contributed by atoms with Gasteiger partial charge in [0.05, 0.1) is 19.1 Å². The molecule has 1 aliphatic carbocycles. The molecular formula is C19H33NO4. The third kappa shape index (κ3) is 3.63. The second-order valence-corrected chi connectivity index (χ2v) is 9.23. The number of epoxide rings is 1. The lowest BCUT2D eigenvalue weighted by Crippen LogP contribution is -2.52. The van der Waals surface area contributed by atoms with E-state index >= 15 is 0 Å². The topological polar surface area (TPSA) is 60.1 Å². The average molecular weight is 339 g/mol. The largest absolute Gasteiger partial charge is 0.460 e. The van der Waals surface area contributed by atoms with Gasteiger partial charge in [0, 0.05) is 6.54 Å². The van der Waals surface area contributed by atoms with Gasteiger partial charge in [0.15, 0.2) is 0 Å². The number of nitrogens with one attached hydrogen (secondary N) is 1. The summed E-state index contributed by atoms with van der Waals surface area (Å²) in [4.78, 5) is 12.7. The fourth-order valence-corrected chi connectivity index (χ4v) is 4.46. The molecule has 0 aromatic rings. The molecule has 2 saturated heterocycles. The third-order valence-corrected chi connectivity index (χ3v) is 5.98. The zero-order chi connectivity index (χ0) is 17.6. The molecule has 24 heavy (non-hydrogen) atoms. The third-order valence-electron chi connectivity index (χ3n) is 5.98. The van der Waals surface area contributed by atoms with Crippen LogP contribution >= 0.6 is 0 Å². The van der Waals surface area contributed by atoms with Gasteiger partial charge in [0.2, 0.25) is 0 Å². The highest BCUT2D eigenvalue weighted by molar-refractivity contribution is 5.74. The molecule has 5 nitrogen and oxygen atoms in total. The molecule has 2 aliphatic heterocycles. The van der Waals surface area contributed by atoms with E-state index in [0.29, 0.717) is 5.92 Å². The molecule has 0 aromatic heterocycles. The maximum absolute atomic E-state index is 12.7. The van der Waals surface area contributed by atoms with Crippen LogP contribution in [0, 0.1) is 17.3 Å². The number of hydrogen-bond donors (Lipinski definition) is 1. The molecule has 4 unspecified atom stereocenters. The van der Waals surface area contributed by atoms with Gasteiger partial charge in [-0.2, -0.15) is 0 Å². The number of carbonyl (C=O) groups is 1. The molecule has 1 N–H and O–H groups in total. The number of hydrogen-bond acceptors (Lipinski definition) is 5. The molecule has 0 bridgehead atoms. The number of carbonyl (C=O) groups excluding carboxylic acids is 1. The predicted octanol–water partition coefficient (Wildman–Crippen LogP) is 2.88. The highest BCUT2D eigenvalue weighted by Crippen LogP contribution is 2.50. The quantitative estimate of drug-likeness (QED) is 0.630. The van der Waals surface area contributed by atoms with Crippen LogP contribution in [0.1, 0.15) is 60.3 Å². The van der Waals surface area contributed by atoms with Crippen LogP contribution in [0.5, 0.6) is 0 Å². The Morgan fingerprint density at radius 3 is 2.54 bits per heavy atom. The molecule has 3 rings (SSSR count). The smallest absolute Gasteiger partial charge is 0.310 e. The molecule has 3 aliphatic rings. The predicted molar refractivity (Wildman–Crippen MR) is 91.5 cm³/mol. The Hall–Kier alpha value is -0.650. The van der Waals surface area contributed by atoms with Crippen LogP contribution < -0.4 is 5.32 Å². The zero-order valence-corrected chi connectivity index (χ0v) is 15.8. The van der Waals surface area contributed by atoms with Crippen molar-refractivity contribution in [2.45, 2.75) is 77.7 Å². The van der Waals surface area contributed by atoms with Gasteiger partial charge in [-0.25, -0.2) is 0 Å². The van der Waals surface area contributed by atoms with Gasteiger partial charge in [0.1, 0.15) is 17.4 Å². The minimum absolute atomic E-state index is 0.0470. The number of esters is 1. The molecule has 0 aromatic carbocycles. The van der Waals surface area contributed by atoms with Gasteiger partial charge >= 0.3 is 5.97 Å². The number of rotatable bonds is 4. The monoisotopic (exact) mass is 339 g/mol. The molecule has 5 heteroatoms. The molecule has 0 amide bonds. The summed E-state index contributed by atoms with van der Waals surface area (Å²) in [6, 6.07) is 0. The van der Waals surface area contributed by atoms with Crippen LogP contribution in [-0.2, 0) is 19.0 Å². The van der Waals surface area contributed by atoms with Crippen molar-refractivity contribution in [1.82, 2.24) is 5.32 Å². The molecule has 0 spiro atoms. The first-order valence-corrected chi connectivity index (χ1v) is 9.37. The second-order valence-electron chi connectivity index (χ2n) is 9.23. The van der Waals surface area contributed by atoms with Crippen LogP contribution in [0.25, 0.3) is 0 Å². The molecule has 138 valence electrons. The fourth-order valence-electron chi connectivity index (χ4n) is 4.46. The Bertz CT molecular complexity index is 472. The van der Waals surface area contributed by atoms with E-state index in [1.807, 2.05) is 20.8 Å². The van der Waals surface area contributed by atoms with Crippen molar-refractivity contribution < 1.29 is 19.0 Å². The van der Waals surface area contributed by atoms with Crippen LogP contribution in [0.3, 0.4) is 0 Å². The average Bonchev–Trinajstić information content (AvgIpc) is 3.20. The standard InChI is InChI=1S/C19H33NO4/c1-17(2,3)24-16(21)14-8-6-7-13(18(14,4)5)11-19(15-12-22-15)20-9-10-23-19/h13-15,20H,6-12H2,1-5H3. The molecule has 2 heterocycles. The van der Waals surface area contributed by atoms with Crippen molar-refractivity contribution in [3.8, 4) is 0 Å². The second kappa shape index (κ2) is 6.26. The van der Waals surface area contributed by atoms with Crippen molar-refractivity contribution in [3.05, 3.63) is 0 Å². The highest BCUT2D eigenvalue weighted by atomic mass is 16.6. The summed E-state index contributed by atoms with van der Waals surface area (Å²) in [6.07, 6.45) is 4.19. The van der Waals surface area contributed by atoms with Gasteiger partial charge in [-0.3, -0.25) is 10.1 Å². The summed E-state index contributed by atoms with van der Waals surface area (Å²) in [5, 5.41) is 3.54. The summed E-state index contributed by atoms with van der Waals surface area (Å²) < 4.78 is 17.4. The van der Waals surface area contributed by atoms with Gasteiger partial charge in [-0.15, -0.1) is 0 Å². The lowest BCUT2D eigenvalue weighted by atomic mass is 9.60. The van der Waals surface area contributed by atoms with E-state index < -0.39 is 5.60 Å². The summed E-state index contributed by atoms with van der Waals surface area (Å²) in [5.41, 5.74) is -0.882. The van der Waals surface area contributed by atoms with E-state index in [0.717, 1.165) is 45.4 Å². The molecular weight excluding hydrogens is 306 g/mol. The van der Waals surface area contributed by atoms with E-state index in [1.165, 1.54) is 0 Å². The molecule has 3 fully saturated rings.